The van der Waals surface area contributed by atoms with E-state index in [4.69, 9.17) is 0 Å². The Kier molecular flexibility index (Phi) is 7.70. The number of aromatic amines is 1. The molecule has 0 aliphatic carbocycles. The van der Waals surface area contributed by atoms with Crippen LogP contribution < -0.4 is 5.32 Å². The molecule has 36 heavy (non-hydrogen) atoms. The van der Waals surface area contributed by atoms with Crippen molar-refractivity contribution < 1.29 is 14.0 Å². The SMILES string of the molecule is CCC(=O)N/C(C)=C/C=C(/c1ccc(F)cc1)N(C=O)Cc1cncc(-c2c[nH]c3ccccc23)c1. The Labute approximate surface area is 209 Å². The molecule has 0 unspecified atom stereocenters. The summed E-state index contributed by atoms with van der Waals surface area (Å²) in [5, 5.41) is 3.88. The molecule has 0 bridgehead atoms. The van der Waals surface area contributed by atoms with Crippen molar-refractivity contribution in [3.8, 4) is 11.1 Å². The molecule has 0 radical (unpaired) electrons. The van der Waals surface area contributed by atoms with E-state index in [1.807, 2.05) is 36.5 Å². The second-order valence-electron chi connectivity index (χ2n) is 8.37. The molecule has 0 saturated heterocycles. The van der Waals surface area contributed by atoms with Gasteiger partial charge in [0.25, 0.3) is 0 Å². The molecule has 182 valence electrons. The fraction of sp³-hybridized carbons (Fsp3) is 0.138. The number of nitrogens with zero attached hydrogens (tertiary/aromatic N) is 2. The van der Waals surface area contributed by atoms with E-state index in [0.29, 0.717) is 23.4 Å². The number of aromatic nitrogens is 2. The zero-order chi connectivity index (χ0) is 25.5. The molecule has 7 heteroatoms. The van der Waals surface area contributed by atoms with Crippen LogP contribution in [0.3, 0.4) is 0 Å². The molecule has 6 nitrogen and oxygen atoms in total. The van der Waals surface area contributed by atoms with Crippen LogP contribution in [0.25, 0.3) is 27.7 Å². The number of allylic oxidation sites excluding steroid dienone is 3. The van der Waals surface area contributed by atoms with Crippen LogP contribution in [-0.4, -0.2) is 27.2 Å². The average Bonchev–Trinajstić information content (AvgIpc) is 3.33. The van der Waals surface area contributed by atoms with Crippen LogP contribution >= 0.6 is 0 Å². The van der Waals surface area contributed by atoms with Gasteiger partial charge in [-0.15, -0.1) is 0 Å². The number of halogens is 1. The van der Waals surface area contributed by atoms with Gasteiger partial charge in [0.2, 0.25) is 12.3 Å². The van der Waals surface area contributed by atoms with Gasteiger partial charge in [-0.05, 0) is 66.6 Å². The highest BCUT2D eigenvalue weighted by atomic mass is 19.1. The third kappa shape index (κ3) is 5.75. The highest BCUT2D eigenvalue weighted by Crippen LogP contribution is 2.29. The highest BCUT2D eigenvalue weighted by molar-refractivity contribution is 5.95. The number of para-hydroxylation sites is 1. The molecule has 0 spiro atoms. The van der Waals surface area contributed by atoms with Crippen molar-refractivity contribution in [2.24, 2.45) is 0 Å². The molecule has 0 aliphatic rings. The summed E-state index contributed by atoms with van der Waals surface area (Å²) in [6.45, 7) is 3.80. The van der Waals surface area contributed by atoms with Gasteiger partial charge in [0.05, 0.1) is 12.2 Å². The van der Waals surface area contributed by atoms with Crippen LogP contribution in [0.1, 0.15) is 31.4 Å². The van der Waals surface area contributed by atoms with E-state index in [-0.39, 0.29) is 18.3 Å². The first-order valence-electron chi connectivity index (χ1n) is 11.6. The van der Waals surface area contributed by atoms with E-state index in [1.165, 1.54) is 17.0 Å². The van der Waals surface area contributed by atoms with Crippen LogP contribution in [0.15, 0.2) is 91.0 Å². The van der Waals surface area contributed by atoms with Crippen molar-refractivity contribution in [3.05, 3.63) is 108 Å². The lowest BCUT2D eigenvalue weighted by Crippen LogP contribution is -2.21. The predicted octanol–water partition coefficient (Wildman–Crippen LogP) is 5.80. The summed E-state index contributed by atoms with van der Waals surface area (Å²) in [4.78, 5) is 33.2. The van der Waals surface area contributed by atoms with Gasteiger partial charge in [0.15, 0.2) is 0 Å². The summed E-state index contributed by atoms with van der Waals surface area (Å²) in [5.74, 6) is -0.471. The Bertz CT molecular complexity index is 1440. The van der Waals surface area contributed by atoms with Gasteiger partial charge in [0.1, 0.15) is 5.82 Å². The van der Waals surface area contributed by atoms with Crippen LogP contribution in [-0.2, 0) is 16.1 Å². The van der Waals surface area contributed by atoms with Crippen LogP contribution in [0.5, 0.6) is 0 Å². The second-order valence-corrected chi connectivity index (χ2v) is 8.37. The molecule has 4 rings (SSSR count). The first-order chi connectivity index (χ1) is 17.5. The third-order valence-electron chi connectivity index (χ3n) is 5.77. The summed E-state index contributed by atoms with van der Waals surface area (Å²) in [5.41, 5.74) is 5.68. The third-order valence-corrected chi connectivity index (χ3v) is 5.77. The molecule has 2 N–H and O–H groups in total. The first kappa shape index (κ1) is 24.6. The van der Waals surface area contributed by atoms with Crippen molar-refractivity contribution in [3.63, 3.8) is 0 Å². The fourth-order valence-electron chi connectivity index (χ4n) is 3.94. The van der Waals surface area contributed by atoms with Crippen molar-refractivity contribution in [2.45, 2.75) is 26.8 Å². The van der Waals surface area contributed by atoms with E-state index < -0.39 is 0 Å². The number of benzene rings is 2. The largest absolute Gasteiger partial charge is 0.361 e. The van der Waals surface area contributed by atoms with Gasteiger partial charge in [0, 0.05) is 52.7 Å². The number of hydrogen-bond acceptors (Lipinski definition) is 3. The van der Waals surface area contributed by atoms with E-state index >= 15 is 0 Å². The summed E-state index contributed by atoms with van der Waals surface area (Å²) >= 11 is 0. The van der Waals surface area contributed by atoms with Gasteiger partial charge in [-0.1, -0.05) is 25.1 Å². The molecule has 2 amide bonds. The van der Waals surface area contributed by atoms with Crippen molar-refractivity contribution >= 4 is 28.9 Å². The summed E-state index contributed by atoms with van der Waals surface area (Å²) in [7, 11) is 0. The van der Waals surface area contributed by atoms with Gasteiger partial charge < -0.3 is 15.2 Å². The Balaban J connectivity index is 1.67. The fourth-order valence-corrected chi connectivity index (χ4v) is 3.94. The number of carbonyl (C=O) groups excluding carboxylic acids is 2. The van der Waals surface area contributed by atoms with E-state index in [1.54, 1.807) is 50.5 Å². The molecule has 0 fully saturated rings. The average molecular weight is 483 g/mol. The highest BCUT2D eigenvalue weighted by Gasteiger charge is 2.14. The Hall–Kier alpha value is -4.52. The van der Waals surface area contributed by atoms with E-state index in [0.717, 1.165) is 34.0 Å². The quantitative estimate of drug-likeness (QED) is 0.234. The maximum absolute atomic E-state index is 13.6. The minimum absolute atomic E-state index is 0.104. The monoisotopic (exact) mass is 482 g/mol. The smallest absolute Gasteiger partial charge is 0.223 e. The zero-order valence-electron chi connectivity index (χ0n) is 20.2. The lowest BCUT2D eigenvalue weighted by molar-refractivity contribution is -0.120. The number of carbonyl (C=O) groups is 2. The number of hydrogen-bond donors (Lipinski definition) is 2. The van der Waals surface area contributed by atoms with Crippen molar-refractivity contribution in [1.29, 1.82) is 0 Å². The zero-order valence-corrected chi connectivity index (χ0v) is 20.2. The number of pyridine rings is 1. The molecule has 2 aromatic heterocycles. The molecule has 0 aliphatic heterocycles. The lowest BCUT2D eigenvalue weighted by atomic mass is 10.0. The molecular weight excluding hydrogens is 455 g/mol. The standard InChI is InChI=1S/C29H27FN4O2/c1-3-29(36)33-20(2)8-13-28(22-9-11-24(30)12-10-22)34(19-35)18-21-14-23(16-31-15-21)26-17-32-27-7-5-4-6-25(26)27/h4-17,19,32H,3,18H2,1-2H3,(H,33,36)/b20-8+,28-13-. The van der Waals surface area contributed by atoms with Crippen molar-refractivity contribution in [1.82, 2.24) is 20.2 Å². The minimum Gasteiger partial charge on any atom is -0.361 e. The second kappa shape index (κ2) is 11.3. The number of fused-ring (bicyclic) bond motifs is 1. The van der Waals surface area contributed by atoms with Crippen molar-refractivity contribution in [2.75, 3.05) is 0 Å². The normalized spacial score (nSPS) is 12.0. The molecule has 2 aromatic carbocycles. The van der Waals surface area contributed by atoms with Gasteiger partial charge in [-0.25, -0.2) is 4.39 Å². The number of rotatable bonds is 9. The minimum atomic E-state index is -0.367. The number of H-pyrrole nitrogens is 1. The molecular formula is C29H27FN4O2. The maximum atomic E-state index is 13.6. The molecule has 0 atom stereocenters. The van der Waals surface area contributed by atoms with E-state index in [2.05, 4.69) is 15.3 Å². The Morgan fingerprint density at radius 3 is 2.64 bits per heavy atom. The maximum Gasteiger partial charge on any atom is 0.223 e. The van der Waals surface area contributed by atoms with Gasteiger partial charge in [-0.2, -0.15) is 0 Å². The summed E-state index contributed by atoms with van der Waals surface area (Å²) in [6, 6.07) is 16.0. The topological polar surface area (TPSA) is 78.1 Å². The molecule has 0 saturated carbocycles. The number of nitrogens with one attached hydrogen (secondary N) is 2. The molecule has 4 aromatic rings. The predicted molar refractivity (Wildman–Crippen MR) is 140 cm³/mol. The first-order valence-corrected chi connectivity index (χ1v) is 11.6. The van der Waals surface area contributed by atoms with Gasteiger partial charge in [-0.3, -0.25) is 14.6 Å². The Morgan fingerprint density at radius 1 is 1.11 bits per heavy atom. The lowest BCUT2D eigenvalue weighted by Gasteiger charge is -2.21. The van der Waals surface area contributed by atoms with Crippen LogP contribution in [0.4, 0.5) is 4.39 Å². The summed E-state index contributed by atoms with van der Waals surface area (Å²) in [6.07, 6.45) is 10.0. The van der Waals surface area contributed by atoms with Crippen LogP contribution in [0.2, 0.25) is 0 Å². The van der Waals surface area contributed by atoms with Crippen LogP contribution in [0, 0.1) is 5.82 Å². The summed E-state index contributed by atoms with van der Waals surface area (Å²) < 4.78 is 13.6. The number of amides is 2. The van der Waals surface area contributed by atoms with E-state index in [9.17, 15) is 14.0 Å². The molecule has 2 heterocycles. The Morgan fingerprint density at radius 2 is 1.89 bits per heavy atom. The van der Waals surface area contributed by atoms with Gasteiger partial charge >= 0.3 is 0 Å².